The third-order valence-corrected chi connectivity index (χ3v) is 4.20. The largest absolute Gasteiger partial charge is 0.472 e. The van der Waals surface area contributed by atoms with E-state index in [9.17, 15) is 13.6 Å². The number of amides is 1. The first kappa shape index (κ1) is 16.3. The van der Waals surface area contributed by atoms with Gasteiger partial charge in [0.15, 0.2) is 0 Å². The fourth-order valence-electron chi connectivity index (χ4n) is 2.85. The van der Waals surface area contributed by atoms with Crippen molar-refractivity contribution in [2.24, 2.45) is 0 Å². The summed E-state index contributed by atoms with van der Waals surface area (Å²) in [5, 5.41) is 4.29. The molecule has 0 atom stereocenters. The average molecular weight is 355 g/mol. The lowest BCUT2D eigenvalue weighted by Gasteiger charge is -2.27. The smallest absolute Gasteiger partial charge is 0.276 e. The molecule has 0 bridgehead atoms. The molecule has 26 heavy (non-hydrogen) atoms. The van der Waals surface area contributed by atoms with Gasteiger partial charge in [0, 0.05) is 18.3 Å². The number of carbonyl (C=O) groups excluding carboxylic acids is 1. The van der Waals surface area contributed by atoms with Gasteiger partial charge in [0.2, 0.25) is 5.88 Å². The molecule has 132 valence electrons. The first-order valence-electron chi connectivity index (χ1n) is 8.13. The van der Waals surface area contributed by atoms with E-state index in [0.29, 0.717) is 30.4 Å². The number of anilines is 1. The lowest BCUT2D eigenvalue weighted by Crippen LogP contribution is -2.40. The van der Waals surface area contributed by atoms with Crippen LogP contribution in [-0.2, 0) is 13.2 Å². The zero-order valence-corrected chi connectivity index (χ0v) is 13.7. The number of halogens is 2. The Morgan fingerprint density at radius 1 is 0.962 bits per heavy atom. The van der Waals surface area contributed by atoms with Gasteiger partial charge in [-0.25, -0.2) is 8.78 Å². The van der Waals surface area contributed by atoms with Crippen LogP contribution >= 0.6 is 0 Å². The highest BCUT2D eigenvalue weighted by molar-refractivity contribution is 6.05. The summed E-state index contributed by atoms with van der Waals surface area (Å²) in [6, 6.07) is 13.4. The van der Waals surface area contributed by atoms with E-state index in [1.165, 1.54) is 24.3 Å². The Morgan fingerprint density at radius 2 is 1.62 bits per heavy atom. The first-order chi connectivity index (χ1) is 12.6. The Hall–Kier alpha value is -3.22. The van der Waals surface area contributed by atoms with Crippen LogP contribution in [-0.4, -0.2) is 22.2 Å². The molecule has 1 amide bonds. The minimum atomic E-state index is -0.347. The fraction of sp³-hybridized carbons (Fsp3) is 0.158. The second kappa shape index (κ2) is 6.59. The summed E-state index contributed by atoms with van der Waals surface area (Å²) >= 11 is 0. The van der Waals surface area contributed by atoms with Gasteiger partial charge in [0.05, 0.1) is 6.54 Å². The van der Waals surface area contributed by atoms with E-state index in [2.05, 4.69) is 5.10 Å². The van der Waals surface area contributed by atoms with E-state index < -0.39 is 0 Å². The van der Waals surface area contributed by atoms with Crippen molar-refractivity contribution in [1.29, 1.82) is 0 Å². The Bertz CT molecular complexity index is 936. The summed E-state index contributed by atoms with van der Waals surface area (Å²) in [6.45, 7) is 1.18. The monoisotopic (exact) mass is 355 g/mol. The predicted octanol–water partition coefficient (Wildman–Crippen LogP) is 3.40. The van der Waals surface area contributed by atoms with E-state index in [1.54, 1.807) is 39.9 Å². The Labute approximate surface area is 148 Å². The van der Waals surface area contributed by atoms with Gasteiger partial charge < -0.3 is 9.64 Å². The first-order valence-corrected chi connectivity index (χ1v) is 8.13. The van der Waals surface area contributed by atoms with Crippen molar-refractivity contribution in [3.05, 3.63) is 77.5 Å². The molecule has 0 spiro atoms. The van der Waals surface area contributed by atoms with Crippen molar-refractivity contribution in [3.63, 3.8) is 0 Å². The molecule has 0 radical (unpaired) electrons. The van der Waals surface area contributed by atoms with Crippen molar-refractivity contribution in [2.45, 2.75) is 13.2 Å². The number of benzene rings is 2. The molecule has 4 rings (SSSR count). The molecule has 2 aromatic carbocycles. The van der Waals surface area contributed by atoms with Gasteiger partial charge in [-0.15, -0.1) is 5.10 Å². The molecule has 1 aromatic heterocycles. The van der Waals surface area contributed by atoms with Gasteiger partial charge >= 0.3 is 0 Å². The van der Waals surface area contributed by atoms with Crippen LogP contribution in [0.15, 0.2) is 54.6 Å². The van der Waals surface area contributed by atoms with Crippen LogP contribution in [0.4, 0.5) is 14.5 Å². The number of nitrogens with zero attached hydrogens (tertiary/aromatic N) is 3. The fourth-order valence-corrected chi connectivity index (χ4v) is 2.85. The molecule has 5 nitrogen and oxygen atoms in total. The number of carbonyl (C=O) groups is 1. The van der Waals surface area contributed by atoms with Crippen LogP contribution < -0.4 is 9.64 Å². The topological polar surface area (TPSA) is 47.4 Å². The molecular weight excluding hydrogens is 340 g/mol. The highest BCUT2D eigenvalue weighted by Gasteiger charge is 2.28. The lowest BCUT2D eigenvalue weighted by atomic mass is 10.2. The van der Waals surface area contributed by atoms with E-state index in [1.807, 2.05) is 0 Å². The van der Waals surface area contributed by atoms with Crippen LogP contribution in [0.3, 0.4) is 0 Å². The Morgan fingerprint density at radius 3 is 2.31 bits per heavy atom. The maximum atomic E-state index is 13.1. The molecule has 3 aromatic rings. The van der Waals surface area contributed by atoms with Crippen molar-refractivity contribution in [1.82, 2.24) is 9.78 Å². The number of ether oxygens (including phenoxy) is 1. The highest BCUT2D eigenvalue weighted by atomic mass is 19.1. The number of aromatic nitrogens is 2. The van der Waals surface area contributed by atoms with Crippen molar-refractivity contribution >= 4 is 11.6 Å². The van der Waals surface area contributed by atoms with Crippen molar-refractivity contribution < 1.29 is 18.3 Å². The number of rotatable bonds is 4. The summed E-state index contributed by atoms with van der Waals surface area (Å²) in [5.74, 6) is -0.539. The molecule has 0 saturated heterocycles. The average Bonchev–Trinajstić information content (AvgIpc) is 3.07. The maximum absolute atomic E-state index is 13.1. The predicted molar refractivity (Wildman–Crippen MR) is 91.0 cm³/mol. The van der Waals surface area contributed by atoms with Gasteiger partial charge in [-0.1, -0.05) is 12.1 Å². The quantitative estimate of drug-likeness (QED) is 0.721. The van der Waals surface area contributed by atoms with Crippen LogP contribution in [0.1, 0.15) is 16.1 Å². The molecule has 0 saturated carbocycles. The van der Waals surface area contributed by atoms with E-state index in [4.69, 9.17) is 4.74 Å². The summed E-state index contributed by atoms with van der Waals surface area (Å²) in [5.41, 5.74) is 1.85. The SMILES string of the molecule is O=C1c2cc(OCc3ccc(F)cc3)nn2CCN1c1ccc(F)cc1. The van der Waals surface area contributed by atoms with Gasteiger partial charge in [0.1, 0.15) is 23.9 Å². The summed E-state index contributed by atoms with van der Waals surface area (Å²) in [7, 11) is 0. The van der Waals surface area contributed by atoms with Crippen LogP contribution in [0.25, 0.3) is 0 Å². The van der Waals surface area contributed by atoms with E-state index >= 15 is 0 Å². The highest BCUT2D eigenvalue weighted by Crippen LogP contribution is 2.24. The van der Waals surface area contributed by atoms with Gasteiger partial charge in [-0.3, -0.25) is 9.48 Å². The molecule has 0 aliphatic carbocycles. The molecule has 1 aliphatic heterocycles. The lowest BCUT2D eigenvalue weighted by molar-refractivity contribution is 0.0962. The van der Waals surface area contributed by atoms with Gasteiger partial charge in [-0.2, -0.15) is 0 Å². The number of hydrogen-bond acceptors (Lipinski definition) is 3. The van der Waals surface area contributed by atoms with Crippen LogP contribution in [0.2, 0.25) is 0 Å². The third-order valence-electron chi connectivity index (χ3n) is 4.20. The number of hydrogen-bond donors (Lipinski definition) is 0. The molecule has 2 heterocycles. The Kier molecular flexibility index (Phi) is 4.12. The molecular formula is C19H15F2N3O2. The third kappa shape index (κ3) is 3.15. The van der Waals surface area contributed by atoms with Crippen molar-refractivity contribution in [3.8, 4) is 5.88 Å². The second-order valence-electron chi connectivity index (χ2n) is 5.94. The zero-order valence-electron chi connectivity index (χ0n) is 13.7. The zero-order chi connectivity index (χ0) is 18.1. The minimum Gasteiger partial charge on any atom is -0.472 e. The van der Waals surface area contributed by atoms with Crippen molar-refractivity contribution in [2.75, 3.05) is 11.4 Å². The summed E-state index contributed by atoms with van der Waals surface area (Å²) in [4.78, 5) is 14.3. The Balaban J connectivity index is 1.49. The van der Waals surface area contributed by atoms with E-state index in [-0.39, 0.29) is 24.1 Å². The molecule has 7 heteroatoms. The van der Waals surface area contributed by atoms with Crippen LogP contribution in [0.5, 0.6) is 5.88 Å². The second-order valence-corrected chi connectivity index (χ2v) is 5.94. The minimum absolute atomic E-state index is 0.216. The van der Waals surface area contributed by atoms with E-state index in [0.717, 1.165) is 5.56 Å². The summed E-state index contributed by atoms with van der Waals surface area (Å²) in [6.07, 6.45) is 0. The summed E-state index contributed by atoms with van der Waals surface area (Å²) < 4.78 is 33.2. The number of fused-ring (bicyclic) bond motifs is 1. The van der Waals surface area contributed by atoms with Crippen LogP contribution in [0, 0.1) is 11.6 Å². The van der Waals surface area contributed by atoms with Gasteiger partial charge in [0.25, 0.3) is 5.91 Å². The maximum Gasteiger partial charge on any atom is 0.276 e. The molecule has 0 fully saturated rings. The molecule has 0 N–H and O–H groups in total. The van der Waals surface area contributed by atoms with Gasteiger partial charge in [-0.05, 0) is 42.0 Å². The molecule has 1 aliphatic rings. The standard InChI is InChI=1S/C19H15F2N3O2/c20-14-3-1-13(2-4-14)12-26-18-11-17-19(25)23(9-10-24(17)22-18)16-7-5-15(21)6-8-16/h1-8,11H,9-10,12H2. The normalized spacial score (nSPS) is 13.6. The molecule has 0 unspecified atom stereocenters.